The number of nitrogens with zero attached hydrogens (tertiary/aromatic N) is 1. The fourth-order valence-corrected chi connectivity index (χ4v) is 1.58. The van der Waals surface area contributed by atoms with Gasteiger partial charge >= 0.3 is 0 Å². The Kier molecular flexibility index (Phi) is 3.23. The zero-order chi connectivity index (χ0) is 9.84. The molecule has 1 atom stereocenters. The molecule has 1 aromatic rings. The van der Waals surface area contributed by atoms with Gasteiger partial charge in [0.05, 0.1) is 5.69 Å². The van der Waals surface area contributed by atoms with Gasteiger partial charge in [-0.1, -0.05) is 20.8 Å². The van der Waals surface area contributed by atoms with Gasteiger partial charge in [0.1, 0.15) is 0 Å². The van der Waals surface area contributed by atoms with Gasteiger partial charge in [0, 0.05) is 12.0 Å². The number of aromatic amines is 1. The van der Waals surface area contributed by atoms with E-state index in [0.717, 1.165) is 12.1 Å². The summed E-state index contributed by atoms with van der Waals surface area (Å²) in [6, 6.07) is 3.35. The predicted octanol–water partition coefficient (Wildman–Crippen LogP) is 1.92. The van der Waals surface area contributed by atoms with Gasteiger partial charge < -0.3 is 0 Å². The summed E-state index contributed by atoms with van der Waals surface area (Å²) in [6.07, 6.45) is 1.05. The van der Waals surface area contributed by atoms with Crippen molar-refractivity contribution in [2.24, 2.45) is 5.92 Å². The second kappa shape index (κ2) is 4.21. The summed E-state index contributed by atoms with van der Waals surface area (Å²) >= 11 is 0. The van der Waals surface area contributed by atoms with E-state index in [1.165, 1.54) is 6.07 Å². The molecule has 0 spiro atoms. The summed E-state index contributed by atoms with van der Waals surface area (Å²) in [5, 5.41) is 6.50. The molecule has 0 saturated carbocycles. The van der Waals surface area contributed by atoms with Crippen LogP contribution in [0.5, 0.6) is 0 Å². The molecule has 0 aliphatic rings. The minimum absolute atomic E-state index is 0.137. The lowest BCUT2D eigenvalue weighted by atomic mass is 9.90. The number of nitrogens with one attached hydrogen (secondary N) is 1. The fourth-order valence-electron chi connectivity index (χ4n) is 1.58. The lowest BCUT2D eigenvalue weighted by Crippen LogP contribution is -2.13. The summed E-state index contributed by atoms with van der Waals surface area (Å²) in [7, 11) is 0. The highest BCUT2D eigenvalue weighted by atomic mass is 16.1. The van der Waals surface area contributed by atoms with E-state index in [4.69, 9.17) is 0 Å². The fraction of sp³-hybridized carbons (Fsp3) is 0.600. The van der Waals surface area contributed by atoms with Gasteiger partial charge in [-0.05, 0) is 18.4 Å². The molecule has 13 heavy (non-hydrogen) atoms. The zero-order valence-electron chi connectivity index (χ0n) is 8.37. The standard InChI is InChI=1S/C10H16N2O/c1-4-8(7(2)3)9-5-6-10(13)12-11-9/h5-8H,4H2,1-3H3,(H,12,13). The van der Waals surface area contributed by atoms with Crippen molar-refractivity contribution < 1.29 is 0 Å². The first-order chi connectivity index (χ1) is 6.15. The van der Waals surface area contributed by atoms with Crippen molar-refractivity contribution in [3.8, 4) is 0 Å². The van der Waals surface area contributed by atoms with Crippen LogP contribution in [0, 0.1) is 5.92 Å². The van der Waals surface area contributed by atoms with Crippen LogP contribution in [0.25, 0.3) is 0 Å². The molecule has 3 nitrogen and oxygen atoms in total. The van der Waals surface area contributed by atoms with Gasteiger partial charge in [0.2, 0.25) is 0 Å². The van der Waals surface area contributed by atoms with E-state index in [1.54, 1.807) is 0 Å². The summed E-state index contributed by atoms with van der Waals surface area (Å²) < 4.78 is 0. The monoisotopic (exact) mass is 180 g/mol. The maximum Gasteiger partial charge on any atom is 0.264 e. The summed E-state index contributed by atoms with van der Waals surface area (Å²) in [5.74, 6) is 1.00. The molecule has 0 aliphatic heterocycles. The van der Waals surface area contributed by atoms with Crippen LogP contribution in [0.3, 0.4) is 0 Å². The van der Waals surface area contributed by atoms with Gasteiger partial charge in [-0.2, -0.15) is 5.10 Å². The normalized spacial score (nSPS) is 13.2. The van der Waals surface area contributed by atoms with Crippen molar-refractivity contribution in [2.45, 2.75) is 33.1 Å². The van der Waals surface area contributed by atoms with Crippen LogP contribution in [0.2, 0.25) is 0 Å². The molecule has 0 fully saturated rings. The molecule has 0 amide bonds. The van der Waals surface area contributed by atoms with E-state index < -0.39 is 0 Å². The Hall–Kier alpha value is -1.12. The molecule has 0 aromatic carbocycles. The maximum absolute atomic E-state index is 10.8. The van der Waals surface area contributed by atoms with Crippen molar-refractivity contribution in [2.75, 3.05) is 0 Å². The third kappa shape index (κ3) is 2.41. The first-order valence-electron chi connectivity index (χ1n) is 4.70. The largest absolute Gasteiger partial charge is 0.268 e. The third-order valence-electron chi connectivity index (χ3n) is 2.33. The minimum atomic E-state index is -0.137. The number of hydrogen-bond acceptors (Lipinski definition) is 2. The molecule has 1 aromatic heterocycles. The molecule has 1 heterocycles. The Balaban J connectivity index is 2.92. The molecule has 0 saturated heterocycles. The third-order valence-corrected chi connectivity index (χ3v) is 2.33. The van der Waals surface area contributed by atoms with Crippen LogP contribution in [-0.2, 0) is 0 Å². The second-order valence-electron chi connectivity index (χ2n) is 3.60. The highest BCUT2D eigenvalue weighted by molar-refractivity contribution is 5.06. The maximum atomic E-state index is 10.8. The Bertz CT molecular complexity index is 296. The van der Waals surface area contributed by atoms with E-state index in [-0.39, 0.29) is 5.56 Å². The van der Waals surface area contributed by atoms with E-state index >= 15 is 0 Å². The topological polar surface area (TPSA) is 45.8 Å². The van der Waals surface area contributed by atoms with Crippen LogP contribution in [0.4, 0.5) is 0 Å². The van der Waals surface area contributed by atoms with Gasteiger partial charge in [0.15, 0.2) is 0 Å². The molecular formula is C10H16N2O. The average Bonchev–Trinajstić information content (AvgIpc) is 2.09. The molecule has 0 radical (unpaired) electrons. The number of aromatic nitrogens is 2. The Morgan fingerprint density at radius 2 is 2.15 bits per heavy atom. The van der Waals surface area contributed by atoms with Gasteiger partial charge in [-0.15, -0.1) is 0 Å². The summed E-state index contributed by atoms with van der Waals surface area (Å²) in [5.41, 5.74) is 0.847. The summed E-state index contributed by atoms with van der Waals surface area (Å²) in [4.78, 5) is 10.8. The van der Waals surface area contributed by atoms with Crippen molar-refractivity contribution in [1.29, 1.82) is 0 Å². The average molecular weight is 180 g/mol. The molecule has 1 rings (SSSR count). The van der Waals surface area contributed by atoms with Crippen LogP contribution in [0.1, 0.15) is 38.8 Å². The lowest BCUT2D eigenvalue weighted by molar-refractivity contribution is 0.470. The van der Waals surface area contributed by atoms with Crippen LogP contribution >= 0.6 is 0 Å². The summed E-state index contributed by atoms with van der Waals surface area (Å²) in [6.45, 7) is 6.47. The molecule has 0 bridgehead atoms. The quantitative estimate of drug-likeness (QED) is 0.772. The van der Waals surface area contributed by atoms with Crippen molar-refractivity contribution in [3.05, 3.63) is 28.2 Å². The van der Waals surface area contributed by atoms with E-state index in [1.807, 2.05) is 6.07 Å². The SMILES string of the molecule is CCC(c1ccc(=O)[nH]n1)C(C)C. The predicted molar refractivity (Wildman–Crippen MR) is 52.7 cm³/mol. The Morgan fingerprint density at radius 1 is 1.46 bits per heavy atom. The molecule has 1 unspecified atom stereocenters. The Labute approximate surface area is 78.2 Å². The van der Waals surface area contributed by atoms with E-state index in [2.05, 4.69) is 31.0 Å². The van der Waals surface area contributed by atoms with Crippen molar-refractivity contribution in [3.63, 3.8) is 0 Å². The Morgan fingerprint density at radius 3 is 2.54 bits per heavy atom. The molecule has 3 heteroatoms. The van der Waals surface area contributed by atoms with Crippen LogP contribution in [-0.4, -0.2) is 10.2 Å². The van der Waals surface area contributed by atoms with Gasteiger partial charge in [0.25, 0.3) is 5.56 Å². The number of H-pyrrole nitrogens is 1. The van der Waals surface area contributed by atoms with Crippen LogP contribution < -0.4 is 5.56 Å². The smallest absolute Gasteiger partial charge is 0.264 e. The van der Waals surface area contributed by atoms with Gasteiger partial charge in [-0.3, -0.25) is 4.79 Å². The highest BCUT2D eigenvalue weighted by Crippen LogP contribution is 2.24. The molecular weight excluding hydrogens is 164 g/mol. The number of rotatable bonds is 3. The number of hydrogen-bond donors (Lipinski definition) is 1. The second-order valence-corrected chi connectivity index (χ2v) is 3.60. The first kappa shape index (κ1) is 9.96. The van der Waals surface area contributed by atoms with E-state index in [9.17, 15) is 4.79 Å². The highest BCUT2D eigenvalue weighted by Gasteiger charge is 2.14. The van der Waals surface area contributed by atoms with Crippen LogP contribution in [0.15, 0.2) is 16.9 Å². The molecule has 72 valence electrons. The minimum Gasteiger partial charge on any atom is -0.268 e. The zero-order valence-corrected chi connectivity index (χ0v) is 8.37. The van der Waals surface area contributed by atoms with Crippen molar-refractivity contribution in [1.82, 2.24) is 10.2 Å². The molecule has 1 N–H and O–H groups in total. The first-order valence-corrected chi connectivity index (χ1v) is 4.70. The van der Waals surface area contributed by atoms with Gasteiger partial charge in [-0.25, -0.2) is 5.10 Å². The van der Waals surface area contributed by atoms with E-state index in [0.29, 0.717) is 11.8 Å². The lowest BCUT2D eigenvalue weighted by Gasteiger charge is -2.17. The van der Waals surface area contributed by atoms with Crippen molar-refractivity contribution >= 4 is 0 Å². The molecule has 0 aliphatic carbocycles.